The van der Waals surface area contributed by atoms with E-state index < -0.39 is 10.0 Å². The number of nitrogens with one attached hydrogen (secondary N) is 1. The predicted octanol–water partition coefficient (Wildman–Crippen LogP) is 2.79. The van der Waals surface area contributed by atoms with E-state index in [1.165, 1.54) is 17.7 Å². The highest BCUT2D eigenvalue weighted by Gasteiger charge is 2.13. The van der Waals surface area contributed by atoms with Crippen LogP contribution < -0.4 is 9.46 Å². The van der Waals surface area contributed by atoms with Gasteiger partial charge in [0, 0.05) is 6.54 Å². The first-order chi connectivity index (χ1) is 9.92. The SMILES string of the molecule is COc1ccc(S(=O)(=O)NCc2ccc(C)c(C)c2)cc1. The Bertz CT molecular complexity index is 722. The lowest BCUT2D eigenvalue weighted by Gasteiger charge is -2.09. The quantitative estimate of drug-likeness (QED) is 0.924. The van der Waals surface area contributed by atoms with Gasteiger partial charge in [0.1, 0.15) is 5.75 Å². The first-order valence-corrected chi connectivity index (χ1v) is 8.10. The largest absolute Gasteiger partial charge is 0.497 e. The Labute approximate surface area is 125 Å². The van der Waals surface area contributed by atoms with Crippen LogP contribution in [0.2, 0.25) is 0 Å². The van der Waals surface area contributed by atoms with Crippen LogP contribution in [0.5, 0.6) is 5.75 Å². The van der Waals surface area contributed by atoms with Crippen molar-refractivity contribution in [2.24, 2.45) is 0 Å². The lowest BCUT2D eigenvalue weighted by molar-refractivity contribution is 0.414. The third-order valence-electron chi connectivity index (χ3n) is 3.41. The van der Waals surface area contributed by atoms with Crippen molar-refractivity contribution >= 4 is 10.0 Å². The fourth-order valence-electron chi connectivity index (χ4n) is 1.93. The van der Waals surface area contributed by atoms with Crippen molar-refractivity contribution in [3.8, 4) is 5.75 Å². The third kappa shape index (κ3) is 3.83. The number of ether oxygens (including phenoxy) is 1. The molecule has 0 unspecified atom stereocenters. The minimum atomic E-state index is -3.51. The molecule has 0 fully saturated rings. The monoisotopic (exact) mass is 305 g/mol. The topological polar surface area (TPSA) is 55.4 Å². The van der Waals surface area contributed by atoms with E-state index in [-0.39, 0.29) is 11.4 Å². The molecule has 0 aliphatic carbocycles. The Kier molecular flexibility index (Phi) is 4.65. The molecular formula is C16H19NO3S. The molecule has 21 heavy (non-hydrogen) atoms. The Morgan fingerprint density at radius 1 is 1.00 bits per heavy atom. The molecule has 2 aromatic carbocycles. The van der Waals surface area contributed by atoms with Crippen molar-refractivity contribution < 1.29 is 13.2 Å². The summed E-state index contributed by atoms with van der Waals surface area (Å²) in [6.07, 6.45) is 0. The van der Waals surface area contributed by atoms with Gasteiger partial charge in [0.2, 0.25) is 10.0 Å². The van der Waals surface area contributed by atoms with Gasteiger partial charge in [-0.25, -0.2) is 13.1 Å². The van der Waals surface area contributed by atoms with Gasteiger partial charge < -0.3 is 4.74 Å². The zero-order valence-electron chi connectivity index (χ0n) is 12.4. The molecule has 2 rings (SSSR count). The average Bonchev–Trinajstić information content (AvgIpc) is 2.48. The van der Waals surface area contributed by atoms with E-state index in [0.717, 1.165) is 11.1 Å². The standard InChI is InChI=1S/C16H19NO3S/c1-12-4-5-14(10-13(12)2)11-17-21(18,19)16-8-6-15(20-3)7-9-16/h4-10,17H,11H2,1-3H3. The number of benzene rings is 2. The van der Waals surface area contributed by atoms with E-state index in [1.807, 2.05) is 32.0 Å². The van der Waals surface area contributed by atoms with Crippen LogP contribution in [0.1, 0.15) is 16.7 Å². The maximum absolute atomic E-state index is 12.2. The Balaban J connectivity index is 2.11. The predicted molar refractivity (Wildman–Crippen MR) is 82.9 cm³/mol. The molecule has 0 radical (unpaired) electrons. The summed E-state index contributed by atoms with van der Waals surface area (Å²) < 4.78 is 32.0. The first-order valence-electron chi connectivity index (χ1n) is 6.62. The van der Waals surface area contributed by atoms with Gasteiger partial charge in [-0.15, -0.1) is 0 Å². The summed E-state index contributed by atoms with van der Waals surface area (Å²) in [6.45, 7) is 4.31. The van der Waals surface area contributed by atoms with Crippen LogP contribution in [-0.2, 0) is 16.6 Å². The highest BCUT2D eigenvalue weighted by molar-refractivity contribution is 7.89. The number of hydrogen-bond acceptors (Lipinski definition) is 3. The summed E-state index contributed by atoms with van der Waals surface area (Å²) in [5.74, 6) is 0.628. The Morgan fingerprint density at radius 2 is 1.67 bits per heavy atom. The number of hydrogen-bond donors (Lipinski definition) is 1. The van der Waals surface area contributed by atoms with Crippen molar-refractivity contribution in [3.63, 3.8) is 0 Å². The van der Waals surface area contributed by atoms with Crippen molar-refractivity contribution in [1.82, 2.24) is 4.72 Å². The van der Waals surface area contributed by atoms with Gasteiger partial charge in [-0.3, -0.25) is 0 Å². The number of rotatable bonds is 5. The zero-order valence-corrected chi connectivity index (χ0v) is 13.2. The number of aryl methyl sites for hydroxylation is 2. The zero-order chi connectivity index (χ0) is 15.5. The smallest absolute Gasteiger partial charge is 0.240 e. The van der Waals surface area contributed by atoms with Gasteiger partial charge >= 0.3 is 0 Å². The molecule has 4 nitrogen and oxygen atoms in total. The van der Waals surface area contributed by atoms with E-state index in [0.29, 0.717) is 5.75 Å². The second kappa shape index (κ2) is 6.28. The highest BCUT2D eigenvalue weighted by Crippen LogP contribution is 2.16. The molecule has 0 aromatic heterocycles. The van der Waals surface area contributed by atoms with E-state index in [1.54, 1.807) is 19.2 Å². The van der Waals surface area contributed by atoms with Crippen LogP contribution in [-0.4, -0.2) is 15.5 Å². The molecule has 0 saturated carbocycles. The van der Waals surface area contributed by atoms with Crippen molar-refractivity contribution in [2.75, 3.05) is 7.11 Å². The molecule has 112 valence electrons. The molecule has 0 amide bonds. The van der Waals surface area contributed by atoms with E-state index >= 15 is 0 Å². The molecule has 0 bridgehead atoms. The molecule has 2 aromatic rings. The van der Waals surface area contributed by atoms with E-state index in [9.17, 15) is 8.42 Å². The Hall–Kier alpha value is -1.85. The molecule has 0 heterocycles. The van der Waals surface area contributed by atoms with Crippen LogP contribution in [0, 0.1) is 13.8 Å². The summed E-state index contributed by atoms with van der Waals surface area (Å²) in [5, 5.41) is 0. The lowest BCUT2D eigenvalue weighted by Crippen LogP contribution is -2.23. The third-order valence-corrected chi connectivity index (χ3v) is 4.82. The molecule has 0 aliphatic heterocycles. The van der Waals surface area contributed by atoms with Crippen molar-refractivity contribution in [1.29, 1.82) is 0 Å². The molecule has 0 aliphatic rings. The second-order valence-corrected chi connectivity index (χ2v) is 6.69. The van der Waals surface area contributed by atoms with E-state index in [2.05, 4.69) is 4.72 Å². The summed E-state index contributed by atoms with van der Waals surface area (Å²) in [5.41, 5.74) is 3.28. The maximum atomic E-state index is 12.2. The van der Waals surface area contributed by atoms with Crippen molar-refractivity contribution in [2.45, 2.75) is 25.3 Å². The molecular weight excluding hydrogens is 286 g/mol. The summed E-state index contributed by atoms with van der Waals surface area (Å²) in [6, 6.07) is 12.2. The molecule has 0 atom stereocenters. The van der Waals surface area contributed by atoms with Crippen molar-refractivity contribution in [3.05, 3.63) is 59.2 Å². The molecule has 0 spiro atoms. The Morgan fingerprint density at radius 3 is 2.24 bits per heavy atom. The van der Waals surface area contributed by atoms with Gasteiger partial charge in [-0.05, 0) is 54.8 Å². The molecule has 0 saturated heterocycles. The fourth-order valence-corrected chi connectivity index (χ4v) is 2.95. The second-order valence-electron chi connectivity index (χ2n) is 4.92. The van der Waals surface area contributed by atoms with E-state index in [4.69, 9.17) is 4.74 Å². The number of sulfonamides is 1. The first kappa shape index (κ1) is 15.5. The molecule has 1 N–H and O–H groups in total. The van der Waals surface area contributed by atoms with Crippen LogP contribution in [0.25, 0.3) is 0 Å². The minimum Gasteiger partial charge on any atom is -0.497 e. The average molecular weight is 305 g/mol. The normalized spacial score (nSPS) is 11.4. The fraction of sp³-hybridized carbons (Fsp3) is 0.250. The van der Waals surface area contributed by atoms with Gasteiger partial charge in [-0.2, -0.15) is 0 Å². The van der Waals surface area contributed by atoms with Gasteiger partial charge in [0.25, 0.3) is 0 Å². The number of methoxy groups -OCH3 is 1. The van der Waals surface area contributed by atoms with Gasteiger partial charge in [-0.1, -0.05) is 18.2 Å². The molecule has 5 heteroatoms. The van der Waals surface area contributed by atoms with Crippen LogP contribution in [0.15, 0.2) is 47.4 Å². The minimum absolute atomic E-state index is 0.229. The van der Waals surface area contributed by atoms with Gasteiger partial charge in [0.15, 0.2) is 0 Å². The van der Waals surface area contributed by atoms with Crippen LogP contribution >= 0.6 is 0 Å². The lowest BCUT2D eigenvalue weighted by atomic mass is 10.1. The summed E-state index contributed by atoms with van der Waals surface area (Å²) in [4.78, 5) is 0.229. The van der Waals surface area contributed by atoms with Crippen LogP contribution in [0.3, 0.4) is 0 Å². The highest BCUT2D eigenvalue weighted by atomic mass is 32.2. The summed E-state index contributed by atoms with van der Waals surface area (Å²) >= 11 is 0. The van der Waals surface area contributed by atoms with Crippen LogP contribution in [0.4, 0.5) is 0 Å². The summed E-state index contributed by atoms with van der Waals surface area (Å²) in [7, 11) is -1.97. The maximum Gasteiger partial charge on any atom is 0.240 e. The van der Waals surface area contributed by atoms with Gasteiger partial charge in [0.05, 0.1) is 12.0 Å².